The van der Waals surface area contributed by atoms with E-state index in [2.05, 4.69) is 0 Å². The summed E-state index contributed by atoms with van der Waals surface area (Å²) in [5.41, 5.74) is 0.677. The summed E-state index contributed by atoms with van der Waals surface area (Å²) in [6.07, 6.45) is 2.48. The molecule has 0 heterocycles. The molecule has 2 N–H and O–H groups in total. The second kappa shape index (κ2) is 3.61. The monoisotopic (exact) mass is 202 g/mol. The Kier molecular flexibility index (Phi) is 2.29. The van der Waals surface area contributed by atoms with Gasteiger partial charge >= 0.3 is 0 Å². The van der Waals surface area contributed by atoms with Gasteiger partial charge in [-0.2, -0.15) is 0 Å². The van der Waals surface area contributed by atoms with Gasteiger partial charge in [0.25, 0.3) is 0 Å². The van der Waals surface area contributed by atoms with Crippen molar-refractivity contribution in [1.82, 2.24) is 0 Å². The number of carbonyl (C=O) groups is 1. The molecule has 0 saturated heterocycles. The summed E-state index contributed by atoms with van der Waals surface area (Å²) < 4.78 is 0. The fourth-order valence-electron chi connectivity index (χ4n) is 1.59. The highest BCUT2D eigenvalue weighted by Crippen LogP contribution is 2.28. The Morgan fingerprint density at radius 1 is 1.00 bits per heavy atom. The zero-order valence-corrected chi connectivity index (χ0v) is 7.92. The van der Waals surface area contributed by atoms with E-state index in [1.54, 1.807) is 24.3 Å². The average Bonchev–Trinajstić information content (AvgIpc) is 2.26. The van der Waals surface area contributed by atoms with Crippen molar-refractivity contribution in [2.75, 3.05) is 0 Å². The van der Waals surface area contributed by atoms with Crippen molar-refractivity contribution in [1.29, 1.82) is 0 Å². The molecule has 1 aromatic rings. The molecule has 1 aromatic carbocycles. The molecule has 1 unspecified atom stereocenters. The lowest BCUT2D eigenvalue weighted by Gasteiger charge is -2.17. The van der Waals surface area contributed by atoms with Gasteiger partial charge in [-0.25, -0.2) is 0 Å². The van der Waals surface area contributed by atoms with Crippen molar-refractivity contribution >= 4 is 5.78 Å². The normalized spacial score (nSPS) is 20.8. The van der Waals surface area contributed by atoms with E-state index in [4.69, 9.17) is 0 Å². The molecule has 0 aromatic heterocycles. The van der Waals surface area contributed by atoms with E-state index in [9.17, 15) is 15.0 Å². The minimum Gasteiger partial charge on any atom is -0.507 e. The van der Waals surface area contributed by atoms with E-state index in [0.29, 0.717) is 5.56 Å². The number of carbonyl (C=O) groups excluding carboxylic acids is 1. The molecule has 2 rings (SSSR count). The van der Waals surface area contributed by atoms with Crippen molar-refractivity contribution in [2.45, 2.75) is 5.92 Å². The molecule has 0 spiro atoms. The quantitative estimate of drug-likeness (QED) is 0.734. The van der Waals surface area contributed by atoms with E-state index >= 15 is 0 Å². The van der Waals surface area contributed by atoms with Crippen LogP contribution in [0.25, 0.3) is 0 Å². The molecule has 3 heteroatoms. The van der Waals surface area contributed by atoms with Gasteiger partial charge in [0.05, 0.1) is 0 Å². The molecule has 1 aliphatic rings. The van der Waals surface area contributed by atoms with Crippen molar-refractivity contribution in [3.8, 4) is 0 Å². The summed E-state index contributed by atoms with van der Waals surface area (Å²) in [5.74, 6) is -1.52. The smallest absolute Gasteiger partial charge is 0.170 e. The number of rotatable bonds is 1. The summed E-state index contributed by atoms with van der Waals surface area (Å²) in [6.45, 7) is 0. The number of hydrogen-bond acceptors (Lipinski definition) is 3. The fraction of sp³-hybridized carbons (Fsp3) is 0.0833. The largest absolute Gasteiger partial charge is 0.507 e. The molecule has 0 radical (unpaired) electrons. The Labute approximate surface area is 87.0 Å². The van der Waals surface area contributed by atoms with Crippen LogP contribution in [0, 0.1) is 0 Å². The second-order valence-corrected chi connectivity index (χ2v) is 3.35. The maximum atomic E-state index is 11.6. The molecular formula is C12H10O3. The van der Waals surface area contributed by atoms with Gasteiger partial charge in [-0.3, -0.25) is 4.79 Å². The Balaban J connectivity index is 2.46. The molecule has 0 aliphatic heterocycles. The number of aliphatic hydroxyl groups is 2. The zero-order chi connectivity index (χ0) is 10.8. The van der Waals surface area contributed by atoms with Gasteiger partial charge < -0.3 is 10.2 Å². The maximum Gasteiger partial charge on any atom is 0.170 e. The average molecular weight is 202 g/mol. The van der Waals surface area contributed by atoms with Crippen LogP contribution in [0.15, 0.2) is 54.0 Å². The third-order valence-corrected chi connectivity index (χ3v) is 2.36. The number of aliphatic hydroxyl groups excluding tert-OH is 2. The number of benzene rings is 1. The van der Waals surface area contributed by atoms with Gasteiger partial charge in [-0.1, -0.05) is 30.3 Å². The van der Waals surface area contributed by atoms with E-state index in [1.807, 2.05) is 6.07 Å². The SMILES string of the molecule is O=C1C=CC(O)=C(O)C1c1ccccc1. The Hall–Kier alpha value is -2.03. The minimum absolute atomic E-state index is 0.225. The lowest BCUT2D eigenvalue weighted by molar-refractivity contribution is -0.116. The molecule has 1 atom stereocenters. The molecule has 76 valence electrons. The van der Waals surface area contributed by atoms with Gasteiger partial charge in [0.1, 0.15) is 11.7 Å². The van der Waals surface area contributed by atoms with E-state index in [-0.39, 0.29) is 17.3 Å². The summed E-state index contributed by atoms with van der Waals surface area (Å²) in [6, 6.07) is 8.88. The second-order valence-electron chi connectivity index (χ2n) is 3.35. The van der Waals surface area contributed by atoms with Crippen LogP contribution in [0.2, 0.25) is 0 Å². The van der Waals surface area contributed by atoms with Crippen LogP contribution in [-0.2, 0) is 4.79 Å². The molecule has 0 fully saturated rings. The molecule has 0 bridgehead atoms. The van der Waals surface area contributed by atoms with Crippen LogP contribution in [0.5, 0.6) is 0 Å². The van der Waals surface area contributed by atoms with Crippen LogP contribution in [-0.4, -0.2) is 16.0 Å². The number of hydrogen-bond donors (Lipinski definition) is 2. The highest BCUT2D eigenvalue weighted by Gasteiger charge is 2.28. The molecular weight excluding hydrogens is 192 g/mol. The summed E-state index contributed by atoms with van der Waals surface area (Å²) >= 11 is 0. The van der Waals surface area contributed by atoms with Crippen molar-refractivity contribution in [2.24, 2.45) is 0 Å². The van der Waals surface area contributed by atoms with Crippen LogP contribution in [0.4, 0.5) is 0 Å². The van der Waals surface area contributed by atoms with Gasteiger partial charge in [0, 0.05) is 0 Å². The van der Waals surface area contributed by atoms with E-state index in [1.165, 1.54) is 12.2 Å². The molecule has 3 nitrogen and oxygen atoms in total. The summed E-state index contributed by atoms with van der Waals surface area (Å²) in [5, 5.41) is 18.9. The zero-order valence-electron chi connectivity index (χ0n) is 7.92. The molecule has 15 heavy (non-hydrogen) atoms. The number of allylic oxidation sites excluding steroid dienone is 3. The third-order valence-electron chi connectivity index (χ3n) is 2.36. The molecule has 0 amide bonds. The van der Waals surface area contributed by atoms with Crippen LogP contribution < -0.4 is 0 Å². The first kappa shape index (κ1) is 9.52. The highest BCUT2D eigenvalue weighted by atomic mass is 16.3. The Morgan fingerprint density at radius 3 is 2.33 bits per heavy atom. The minimum atomic E-state index is -0.767. The van der Waals surface area contributed by atoms with Gasteiger partial charge in [0.15, 0.2) is 11.5 Å². The lowest BCUT2D eigenvalue weighted by atomic mass is 9.89. The predicted octanol–water partition coefficient (Wildman–Crippen LogP) is 2.24. The van der Waals surface area contributed by atoms with Crippen molar-refractivity contribution < 1.29 is 15.0 Å². The van der Waals surface area contributed by atoms with Crippen LogP contribution in [0.1, 0.15) is 11.5 Å². The summed E-state index contributed by atoms with van der Waals surface area (Å²) in [7, 11) is 0. The first-order chi connectivity index (χ1) is 7.20. The van der Waals surface area contributed by atoms with Crippen molar-refractivity contribution in [3.63, 3.8) is 0 Å². The number of ketones is 1. The summed E-state index contributed by atoms with van der Waals surface area (Å²) in [4.78, 5) is 11.6. The molecule has 0 saturated carbocycles. The highest BCUT2D eigenvalue weighted by molar-refractivity contribution is 5.99. The lowest BCUT2D eigenvalue weighted by Crippen LogP contribution is -2.17. The van der Waals surface area contributed by atoms with Crippen LogP contribution >= 0.6 is 0 Å². The predicted molar refractivity (Wildman–Crippen MR) is 55.6 cm³/mol. The standard InChI is InChI=1S/C12H10O3/c13-9-6-7-10(14)12(15)11(9)8-4-2-1-3-5-8/h1-7,11,14-15H. The fourth-order valence-corrected chi connectivity index (χ4v) is 1.59. The first-order valence-corrected chi connectivity index (χ1v) is 4.59. The third kappa shape index (κ3) is 1.64. The van der Waals surface area contributed by atoms with E-state index in [0.717, 1.165) is 0 Å². The van der Waals surface area contributed by atoms with Gasteiger partial charge in [-0.15, -0.1) is 0 Å². The van der Waals surface area contributed by atoms with Crippen molar-refractivity contribution in [3.05, 3.63) is 59.6 Å². The Morgan fingerprint density at radius 2 is 1.67 bits per heavy atom. The Bertz CT molecular complexity index is 443. The van der Waals surface area contributed by atoms with Gasteiger partial charge in [-0.05, 0) is 17.7 Å². The molecule has 1 aliphatic carbocycles. The van der Waals surface area contributed by atoms with Gasteiger partial charge in [0.2, 0.25) is 0 Å². The maximum absolute atomic E-state index is 11.6. The first-order valence-electron chi connectivity index (χ1n) is 4.59. The van der Waals surface area contributed by atoms with Crippen LogP contribution in [0.3, 0.4) is 0 Å². The van der Waals surface area contributed by atoms with E-state index < -0.39 is 5.92 Å². The topological polar surface area (TPSA) is 57.5 Å².